The van der Waals surface area contributed by atoms with Crippen molar-refractivity contribution in [1.82, 2.24) is 20.5 Å². The lowest BCUT2D eigenvalue weighted by atomic mass is 9.81. The van der Waals surface area contributed by atoms with Crippen molar-refractivity contribution in [2.45, 2.75) is 64.0 Å². The number of hydrazone groups is 1. The summed E-state index contributed by atoms with van der Waals surface area (Å²) in [5.74, 6) is -0.623. The average molecular weight is 480 g/mol. The number of hydrogen-bond donors (Lipinski definition) is 2. The molecule has 1 saturated carbocycles. The van der Waals surface area contributed by atoms with Crippen molar-refractivity contribution in [1.29, 1.82) is 0 Å². The summed E-state index contributed by atoms with van der Waals surface area (Å²) >= 11 is 1.40. The lowest BCUT2D eigenvalue weighted by Crippen LogP contribution is -2.67. The Labute approximate surface area is 197 Å². The van der Waals surface area contributed by atoms with Gasteiger partial charge in [-0.1, -0.05) is 38.5 Å². The smallest absolute Gasteiger partial charge is 0.230 e. The monoisotopic (exact) mass is 479 g/mol. The van der Waals surface area contributed by atoms with E-state index >= 15 is 0 Å². The van der Waals surface area contributed by atoms with E-state index in [1.54, 1.807) is 4.90 Å². The topological polar surface area (TPSA) is 77.0 Å². The highest BCUT2D eigenvalue weighted by atomic mass is 32.2. The molecule has 2 amide bonds. The second-order valence-corrected chi connectivity index (χ2v) is 10.3. The second kappa shape index (κ2) is 10.3. The van der Waals surface area contributed by atoms with Gasteiger partial charge in [-0.15, -0.1) is 0 Å². The fourth-order valence-electron chi connectivity index (χ4n) is 4.76. The molecule has 3 aliphatic rings. The molecule has 1 saturated heterocycles. The molecule has 2 aliphatic heterocycles. The molecule has 1 aromatic carbocycles. The normalized spacial score (nSPS) is 24.3. The third-order valence-corrected chi connectivity index (χ3v) is 7.36. The van der Waals surface area contributed by atoms with Crippen molar-refractivity contribution >= 4 is 28.7 Å². The summed E-state index contributed by atoms with van der Waals surface area (Å²) in [6, 6.07) is 3.54. The van der Waals surface area contributed by atoms with Gasteiger partial charge in [-0.3, -0.25) is 15.0 Å². The SMILES string of the molecule is CC(C)CNC(=O)CCN1C(=O)C2CCCCC2N2C(SCc3cc(F)cc(F)c3)=NNC12. The number of amidine groups is 1. The van der Waals surface area contributed by atoms with E-state index in [0.717, 1.165) is 31.7 Å². The van der Waals surface area contributed by atoms with Crippen LogP contribution in [0.4, 0.5) is 8.78 Å². The molecular formula is C23H31F2N5O2S. The van der Waals surface area contributed by atoms with Gasteiger partial charge >= 0.3 is 0 Å². The average Bonchev–Trinajstić information content (AvgIpc) is 3.19. The van der Waals surface area contributed by atoms with Crippen LogP contribution in [0.2, 0.25) is 0 Å². The van der Waals surface area contributed by atoms with E-state index in [4.69, 9.17) is 0 Å². The van der Waals surface area contributed by atoms with Crippen LogP contribution in [0.3, 0.4) is 0 Å². The molecule has 3 atom stereocenters. The number of halogens is 2. The van der Waals surface area contributed by atoms with Gasteiger partial charge in [-0.05, 0) is 36.5 Å². The van der Waals surface area contributed by atoms with Gasteiger partial charge in [0.25, 0.3) is 0 Å². The van der Waals surface area contributed by atoms with Crippen molar-refractivity contribution in [3.8, 4) is 0 Å². The molecule has 10 heteroatoms. The fraction of sp³-hybridized carbons (Fsp3) is 0.609. The number of nitrogens with one attached hydrogen (secondary N) is 2. The molecule has 1 aliphatic carbocycles. The maximum atomic E-state index is 13.6. The number of carbonyl (C=O) groups excluding carboxylic acids is 2. The number of rotatable bonds is 7. The summed E-state index contributed by atoms with van der Waals surface area (Å²) in [6.07, 6.45) is 3.54. The zero-order valence-corrected chi connectivity index (χ0v) is 19.8. The lowest BCUT2D eigenvalue weighted by molar-refractivity contribution is -0.155. The Hall–Kier alpha value is -2.36. The lowest BCUT2D eigenvalue weighted by Gasteiger charge is -2.50. The van der Waals surface area contributed by atoms with Crippen molar-refractivity contribution in [3.05, 3.63) is 35.4 Å². The number of benzene rings is 1. The minimum Gasteiger partial charge on any atom is -0.356 e. The zero-order chi connectivity index (χ0) is 23.5. The molecular weight excluding hydrogens is 448 g/mol. The van der Waals surface area contributed by atoms with Crippen LogP contribution in [0.25, 0.3) is 0 Å². The van der Waals surface area contributed by atoms with E-state index in [2.05, 4.69) is 20.7 Å². The van der Waals surface area contributed by atoms with E-state index in [0.29, 0.717) is 35.5 Å². The Balaban J connectivity index is 1.46. The van der Waals surface area contributed by atoms with Crippen LogP contribution in [-0.4, -0.2) is 52.2 Å². The molecule has 2 fully saturated rings. The molecule has 0 aromatic heterocycles. The van der Waals surface area contributed by atoms with Crippen molar-refractivity contribution in [2.24, 2.45) is 16.9 Å². The Morgan fingerprint density at radius 3 is 2.70 bits per heavy atom. The predicted octanol–water partition coefficient (Wildman–Crippen LogP) is 3.22. The first-order valence-corrected chi connectivity index (χ1v) is 12.6. The highest BCUT2D eigenvalue weighted by Gasteiger charge is 2.50. The molecule has 180 valence electrons. The Kier molecular flexibility index (Phi) is 7.41. The summed E-state index contributed by atoms with van der Waals surface area (Å²) in [6.45, 7) is 4.98. The largest absolute Gasteiger partial charge is 0.356 e. The van der Waals surface area contributed by atoms with Crippen molar-refractivity contribution < 1.29 is 18.4 Å². The standard InChI is InChI=1S/C23H31F2N5O2S/c1-14(2)12-26-20(31)7-8-29-21(32)18-5-3-4-6-19(18)30-22(29)27-28-23(30)33-13-15-9-16(24)11-17(25)10-15/h9-11,14,18-19,22,27H,3-8,12-13H2,1-2H3,(H,26,31). The first-order valence-electron chi connectivity index (χ1n) is 11.6. The molecule has 33 heavy (non-hydrogen) atoms. The van der Waals surface area contributed by atoms with Crippen molar-refractivity contribution in [2.75, 3.05) is 13.1 Å². The fourth-order valence-corrected chi connectivity index (χ4v) is 5.72. The maximum absolute atomic E-state index is 13.6. The van der Waals surface area contributed by atoms with Crippen molar-refractivity contribution in [3.63, 3.8) is 0 Å². The Morgan fingerprint density at radius 2 is 1.97 bits per heavy atom. The molecule has 3 unspecified atom stereocenters. The minimum atomic E-state index is -0.604. The molecule has 7 nitrogen and oxygen atoms in total. The highest BCUT2D eigenvalue weighted by Crippen LogP contribution is 2.39. The van der Waals surface area contributed by atoms with E-state index in [-0.39, 0.29) is 30.2 Å². The Morgan fingerprint density at radius 1 is 1.24 bits per heavy atom. The van der Waals surface area contributed by atoms with Crippen LogP contribution in [-0.2, 0) is 15.3 Å². The number of carbonyl (C=O) groups is 2. The summed E-state index contributed by atoms with van der Waals surface area (Å²) in [7, 11) is 0. The van der Waals surface area contributed by atoms with Gasteiger partial charge in [0.2, 0.25) is 11.8 Å². The van der Waals surface area contributed by atoms with Crippen LogP contribution < -0.4 is 10.7 Å². The Bertz CT molecular complexity index is 908. The third kappa shape index (κ3) is 5.42. The summed E-state index contributed by atoms with van der Waals surface area (Å²) in [5.41, 5.74) is 3.61. The van der Waals surface area contributed by atoms with Gasteiger partial charge in [0.1, 0.15) is 11.6 Å². The van der Waals surface area contributed by atoms with Gasteiger partial charge in [0, 0.05) is 37.4 Å². The van der Waals surface area contributed by atoms with E-state index in [1.165, 1.54) is 23.9 Å². The zero-order valence-electron chi connectivity index (χ0n) is 19.0. The highest BCUT2D eigenvalue weighted by molar-refractivity contribution is 8.13. The number of amides is 2. The van der Waals surface area contributed by atoms with Crippen LogP contribution >= 0.6 is 11.8 Å². The molecule has 1 aromatic rings. The summed E-state index contributed by atoms with van der Waals surface area (Å²) < 4.78 is 27.2. The first-order chi connectivity index (χ1) is 15.8. The van der Waals surface area contributed by atoms with E-state index in [9.17, 15) is 18.4 Å². The number of nitrogens with zero attached hydrogens (tertiary/aromatic N) is 3. The summed E-state index contributed by atoms with van der Waals surface area (Å²) in [4.78, 5) is 29.5. The summed E-state index contributed by atoms with van der Waals surface area (Å²) in [5, 5.41) is 8.09. The van der Waals surface area contributed by atoms with Crippen LogP contribution in [0.1, 0.15) is 51.5 Å². The van der Waals surface area contributed by atoms with Gasteiger partial charge in [0.15, 0.2) is 11.5 Å². The molecule has 4 rings (SSSR count). The van der Waals surface area contributed by atoms with Gasteiger partial charge in [0.05, 0.1) is 5.92 Å². The number of thioether (sulfide) groups is 1. The number of fused-ring (bicyclic) bond motifs is 3. The molecule has 2 N–H and O–H groups in total. The molecule has 0 spiro atoms. The van der Waals surface area contributed by atoms with Crippen LogP contribution in [0, 0.1) is 23.5 Å². The van der Waals surface area contributed by atoms with Gasteiger partial charge < -0.3 is 15.1 Å². The van der Waals surface area contributed by atoms with E-state index in [1.807, 2.05) is 13.8 Å². The quantitative estimate of drug-likeness (QED) is 0.628. The maximum Gasteiger partial charge on any atom is 0.230 e. The predicted molar refractivity (Wildman–Crippen MR) is 124 cm³/mol. The molecule has 0 radical (unpaired) electrons. The van der Waals surface area contributed by atoms with Crippen LogP contribution in [0.15, 0.2) is 23.3 Å². The molecule has 0 bridgehead atoms. The van der Waals surface area contributed by atoms with Crippen LogP contribution in [0.5, 0.6) is 0 Å². The molecule has 2 heterocycles. The van der Waals surface area contributed by atoms with Gasteiger partial charge in [-0.25, -0.2) is 8.78 Å². The van der Waals surface area contributed by atoms with Gasteiger partial charge in [-0.2, -0.15) is 5.10 Å². The number of hydrogen-bond acceptors (Lipinski definition) is 6. The third-order valence-electron chi connectivity index (χ3n) is 6.32. The van der Waals surface area contributed by atoms with E-state index < -0.39 is 17.9 Å². The second-order valence-electron chi connectivity index (χ2n) is 9.31. The first kappa shape index (κ1) is 23.8. The minimum absolute atomic E-state index is 0.0350.